The van der Waals surface area contributed by atoms with Gasteiger partial charge >= 0.3 is 5.97 Å². The lowest BCUT2D eigenvalue weighted by atomic mass is 9.89. The summed E-state index contributed by atoms with van der Waals surface area (Å²) in [6.07, 6.45) is 8.40. The van der Waals surface area contributed by atoms with Crippen LogP contribution in [0.4, 0.5) is 11.6 Å². The first-order valence-electron chi connectivity index (χ1n) is 12.1. The molecule has 9 heteroatoms. The highest BCUT2D eigenvalue weighted by Gasteiger charge is 2.51. The van der Waals surface area contributed by atoms with Gasteiger partial charge in [-0.2, -0.15) is 10.4 Å². The number of nitriles is 1. The molecule has 186 valence electrons. The second-order valence-corrected chi connectivity index (χ2v) is 9.67. The molecule has 1 aliphatic rings. The van der Waals surface area contributed by atoms with Crippen molar-refractivity contribution >= 4 is 17.6 Å². The molecule has 0 unspecified atom stereocenters. The largest absolute Gasteiger partial charge is 0.481 e. The first kappa shape index (κ1) is 24.1. The maximum atomic E-state index is 11.8. The summed E-state index contributed by atoms with van der Waals surface area (Å²) >= 11 is 0. The second kappa shape index (κ2) is 9.47. The molecule has 0 atom stereocenters. The van der Waals surface area contributed by atoms with E-state index in [4.69, 9.17) is 4.98 Å². The summed E-state index contributed by atoms with van der Waals surface area (Å²) in [5.41, 5.74) is 4.91. The third-order valence-electron chi connectivity index (χ3n) is 6.87. The molecule has 1 aliphatic carbocycles. The van der Waals surface area contributed by atoms with Crippen molar-refractivity contribution in [2.24, 2.45) is 7.05 Å². The molecule has 4 aromatic rings. The number of carboxylic acid groups (broad SMARTS) is 1. The molecule has 0 bridgehead atoms. The van der Waals surface area contributed by atoms with E-state index in [2.05, 4.69) is 40.3 Å². The van der Waals surface area contributed by atoms with Crippen molar-refractivity contribution in [3.05, 3.63) is 71.9 Å². The van der Waals surface area contributed by atoms with Crippen molar-refractivity contribution < 1.29 is 9.90 Å². The number of rotatable bonds is 8. The van der Waals surface area contributed by atoms with E-state index in [1.54, 1.807) is 29.5 Å². The molecule has 0 spiro atoms. The number of anilines is 2. The van der Waals surface area contributed by atoms with Gasteiger partial charge in [0.25, 0.3) is 0 Å². The minimum Gasteiger partial charge on any atom is -0.481 e. The van der Waals surface area contributed by atoms with Crippen LogP contribution in [-0.4, -0.2) is 35.8 Å². The minimum atomic E-state index is -0.812. The molecular formula is C28H27N7O2. The topological polar surface area (TPSA) is 130 Å². The maximum absolute atomic E-state index is 11.8. The third-order valence-corrected chi connectivity index (χ3v) is 6.87. The van der Waals surface area contributed by atoms with Crippen molar-refractivity contribution in [2.75, 3.05) is 5.32 Å². The zero-order valence-corrected chi connectivity index (χ0v) is 20.9. The van der Waals surface area contributed by atoms with E-state index in [1.807, 2.05) is 37.4 Å². The van der Waals surface area contributed by atoms with Crippen LogP contribution in [0.15, 0.2) is 55.1 Å². The van der Waals surface area contributed by atoms with E-state index in [0.717, 1.165) is 45.0 Å². The SMILES string of the molecule is CC(C)c1cncc(Nc2c(-c3ccc(-c4ccc(C5(C(=O)O)CC5)cc4CC#N)cn3)cnn2C)n1. The molecule has 1 aromatic carbocycles. The number of benzene rings is 1. The van der Waals surface area contributed by atoms with Crippen molar-refractivity contribution in [3.63, 3.8) is 0 Å². The van der Waals surface area contributed by atoms with Gasteiger partial charge in [-0.25, -0.2) is 4.98 Å². The summed E-state index contributed by atoms with van der Waals surface area (Å²) in [6, 6.07) is 11.7. The molecule has 3 heterocycles. The summed E-state index contributed by atoms with van der Waals surface area (Å²) < 4.78 is 1.73. The molecule has 3 aromatic heterocycles. The lowest BCUT2D eigenvalue weighted by Gasteiger charge is -2.15. The number of aryl methyl sites for hydroxylation is 1. The lowest BCUT2D eigenvalue weighted by molar-refractivity contribution is -0.140. The van der Waals surface area contributed by atoms with Crippen LogP contribution in [0.3, 0.4) is 0 Å². The van der Waals surface area contributed by atoms with Crippen LogP contribution in [0, 0.1) is 11.3 Å². The van der Waals surface area contributed by atoms with Crippen molar-refractivity contribution in [1.29, 1.82) is 5.26 Å². The summed E-state index contributed by atoms with van der Waals surface area (Å²) in [5.74, 6) is 0.822. The molecule has 1 fully saturated rings. The molecule has 9 nitrogen and oxygen atoms in total. The van der Waals surface area contributed by atoms with Crippen molar-refractivity contribution in [2.45, 2.75) is 44.4 Å². The van der Waals surface area contributed by atoms with Gasteiger partial charge in [0.2, 0.25) is 0 Å². The van der Waals surface area contributed by atoms with Gasteiger partial charge in [0.1, 0.15) is 11.6 Å². The molecule has 0 radical (unpaired) electrons. The number of hydrogen-bond donors (Lipinski definition) is 2. The molecule has 5 rings (SSSR count). The minimum absolute atomic E-state index is 0.188. The number of hydrogen-bond acceptors (Lipinski definition) is 7. The fourth-order valence-electron chi connectivity index (χ4n) is 4.48. The van der Waals surface area contributed by atoms with Crippen LogP contribution in [0.5, 0.6) is 0 Å². The fraction of sp³-hybridized carbons (Fsp3) is 0.286. The lowest BCUT2D eigenvalue weighted by Crippen LogP contribution is -2.19. The zero-order chi connectivity index (χ0) is 26.2. The van der Waals surface area contributed by atoms with Crippen LogP contribution in [-0.2, 0) is 23.7 Å². The molecule has 0 aliphatic heterocycles. The Balaban J connectivity index is 1.45. The van der Waals surface area contributed by atoms with E-state index < -0.39 is 11.4 Å². The Morgan fingerprint density at radius 1 is 1.16 bits per heavy atom. The molecule has 0 amide bonds. The predicted molar refractivity (Wildman–Crippen MR) is 139 cm³/mol. The highest BCUT2D eigenvalue weighted by Crippen LogP contribution is 2.49. The van der Waals surface area contributed by atoms with Crippen molar-refractivity contribution in [3.8, 4) is 28.5 Å². The normalized spacial score (nSPS) is 13.8. The smallest absolute Gasteiger partial charge is 0.314 e. The van der Waals surface area contributed by atoms with E-state index in [-0.39, 0.29) is 12.3 Å². The molecule has 37 heavy (non-hydrogen) atoms. The van der Waals surface area contributed by atoms with Crippen LogP contribution >= 0.6 is 0 Å². The van der Waals surface area contributed by atoms with Crippen LogP contribution in [0.2, 0.25) is 0 Å². The third kappa shape index (κ3) is 4.54. The van der Waals surface area contributed by atoms with Gasteiger partial charge in [-0.05, 0) is 41.5 Å². The Bertz CT molecular complexity index is 1510. The van der Waals surface area contributed by atoms with Gasteiger partial charge in [-0.15, -0.1) is 0 Å². The Labute approximate surface area is 214 Å². The standard InChI is InChI=1S/C28H27N7O2/c1-17(2)24-15-30-16-25(33-24)34-26-22(14-32-35(26)3)23-7-4-19(13-31-23)21-6-5-20(12-18(21)8-11-29)28(9-10-28)27(36)37/h4-7,12-17H,8-10H2,1-3H3,(H,33,34)(H,36,37). The zero-order valence-electron chi connectivity index (χ0n) is 20.9. The highest BCUT2D eigenvalue weighted by molar-refractivity contribution is 5.85. The molecule has 0 saturated heterocycles. The van der Waals surface area contributed by atoms with Crippen molar-refractivity contribution in [1.82, 2.24) is 24.7 Å². The average molecular weight is 494 g/mol. The molecule has 1 saturated carbocycles. The number of nitrogens with one attached hydrogen (secondary N) is 1. The monoisotopic (exact) mass is 493 g/mol. The quantitative estimate of drug-likeness (QED) is 0.351. The summed E-state index contributed by atoms with van der Waals surface area (Å²) in [5, 5.41) is 26.8. The maximum Gasteiger partial charge on any atom is 0.314 e. The Hall–Kier alpha value is -4.58. The fourth-order valence-corrected chi connectivity index (χ4v) is 4.48. The van der Waals surface area contributed by atoms with Crippen LogP contribution < -0.4 is 5.32 Å². The Kier molecular flexibility index (Phi) is 6.17. The van der Waals surface area contributed by atoms with Gasteiger partial charge < -0.3 is 10.4 Å². The Morgan fingerprint density at radius 2 is 1.97 bits per heavy atom. The number of carbonyl (C=O) groups is 1. The number of carboxylic acids is 1. The average Bonchev–Trinajstić information content (AvgIpc) is 3.64. The number of aromatic nitrogens is 5. The van der Waals surface area contributed by atoms with E-state index in [1.165, 1.54) is 0 Å². The molecule has 2 N–H and O–H groups in total. The van der Waals surface area contributed by atoms with E-state index in [9.17, 15) is 15.2 Å². The summed E-state index contributed by atoms with van der Waals surface area (Å²) in [7, 11) is 1.85. The Morgan fingerprint density at radius 3 is 2.62 bits per heavy atom. The molecular weight excluding hydrogens is 466 g/mol. The van der Waals surface area contributed by atoms with E-state index >= 15 is 0 Å². The van der Waals surface area contributed by atoms with E-state index in [0.29, 0.717) is 18.7 Å². The van der Waals surface area contributed by atoms with Crippen LogP contribution in [0.1, 0.15) is 49.4 Å². The summed E-state index contributed by atoms with van der Waals surface area (Å²) in [6.45, 7) is 4.14. The summed E-state index contributed by atoms with van der Waals surface area (Å²) in [4.78, 5) is 25.4. The van der Waals surface area contributed by atoms with Gasteiger partial charge in [-0.3, -0.25) is 19.4 Å². The number of nitrogens with zero attached hydrogens (tertiary/aromatic N) is 6. The van der Waals surface area contributed by atoms with Gasteiger partial charge in [-0.1, -0.05) is 38.1 Å². The first-order valence-corrected chi connectivity index (χ1v) is 12.1. The van der Waals surface area contributed by atoms with Gasteiger partial charge in [0.15, 0.2) is 0 Å². The highest BCUT2D eigenvalue weighted by atomic mass is 16.4. The number of aliphatic carboxylic acids is 1. The van der Waals surface area contributed by atoms with Crippen LogP contribution in [0.25, 0.3) is 22.4 Å². The first-order chi connectivity index (χ1) is 17.8. The van der Waals surface area contributed by atoms with Gasteiger partial charge in [0, 0.05) is 25.0 Å². The number of pyridine rings is 1. The predicted octanol–water partition coefficient (Wildman–Crippen LogP) is 4.99. The second-order valence-electron chi connectivity index (χ2n) is 9.67. The van der Waals surface area contributed by atoms with Gasteiger partial charge in [0.05, 0.1) is 47.3 Å².